The zero-order valence-corrected chi connectivity index (χ0v) is 9.47. The third-order valence-corrected chi connectivity index (χ3v) is 2.54. The lowest BCUT2D eigenvalue weighted by atomic mass is 10.1. The molecule has 84 valence electrons. The van der Waals surface area contributed by atoms with Crippen molar-refractivity contribution in [2.24, 2.45) is 0 Å². The van der Waals surface area contributed by atoms with Crippen LogP contribution in [0.3, 0.4) is 0 Å². The summed E-state index contributed by atoms with van der Waals surface area (Å²) < 4.78 is 12.8. The van der Waals surface area contributed by atoms with Gasteiger partial charge < -0.3 is 10.0 Å². The van der Waals surface area contributed by atoms with E-state index in [0.29, 0.717) is 6.54 Å². The summed E-state index contributed by atoms with van der Waals surface area (Å²) in [5, 5.41) is 8.87. The van der Waals surface area contributed by atoms with Gasteiger partial charge in [-0.15, -0.1) is 0 Å². The Balaban J connectivity index is 2.47. The van der Waals surface area contributed by atoms with Crippen molar-refractivity contribution in [1.29, 1.82) is 0 Å². The average Bonchev–Trinajstić information content (AvgIpc) is 2.20. The summed E-state index contributed by atoms with van der Waals surface area (Å²) in [6, 6.07) is 4.75. The summed E-state index contributed by atoms with van der Waals surface area (Å²) in [5.41, 5.74) is 1.01. The third-order valence-electron chi connectivity index (χ3n) is 2.25. The van der Waals surface area contributed by atoms with Gasteiger partial charge in [-0.1, -0.05) is 17.7 Å². The van der Waals surface area contributed by atoms with Crippen LogP contribution in [-0.4, -0.2) is 36.8 Å². The summed E-state index contributed by atoms with van der Waals surface area (Å²) in [4.78, 5) is 2.01. The molecule has 0 aliphatic rings. The summed E-state index contributed by atoms with van der Waals surface area (Å²) in [5.74, 6) is -0.385. The van der Waals surface area contributed by atoms with Crippen LogP contribution in [0.2, 0.25) is 5.02 Å². The summed E-state index contributed by atoms with van der Waals surface area (Å²) >= 11 is 5.66. The maximum Gasteiger partial charge on any atom is 0.141 e. The van der Waals surface area contributed by atoms with E-state index < -0.39 is 0 Å². The maximum atomic E-state index is 12.8. The number of halogens is 2. The number of likely N-dealkylation sites (N-methyl/N-ethyl adjacent to an activating group) is 1. The Bertz CT molecular complexity index is 319. The first kappa shape index (κ1) is 12.4. The van der Waals surface area contributed by atoms with Crippen LogP contribution >= 0.6 is 11.6 Å². The molecule has 0 heterocycles. The second-order valence-corrected chi connectivity index (χ2v) is 3.93. The Kier molecular flexibility index (Phi) is 5.02. The van der Waals surface area contributed by atoms with E-state index in [4.69, 9.17) is 16.7 Å². The van der Waals surface area contributed by atoms with Gasteiger partial charge >= 0.3 is 0 Å². The van der Waals surface area contributed by atoms with Gasteiger partial charge in [0.05, 0.1) is 11.6 Å². The smallest absolute Gasteiger partial charge is 0.141 e. The Morgan fingerprint density at radius 3 is 2.73 bits per heavy atom. The number of hydrogen-bond acceptors (Lipinski definition) is 2. The lowest BCUT2D eigenvalue weighted by Crippen LogP contribution is -2.24. The predicted octanol–water partition coefficient (Wildman–Crippen LogP) is 1.95. The highest BCUT2D eigenvalue weighted by atomic mass is 35.5. The van der Waals surface area contributed by atoms with Crippen LogP contribution in [0, 0.1) is 5.82 Å². The van der Waals surface area contributed by atoms with E-state index in [-0.39, 0.29) is 17.4 Å². The molecule has 0 aliphatic carbocycles. The zero-order valence-electron chi connectivity index (χ0n) is 8.71. The Morgan fingerprint density at radius 1 is 1.40 bits per heavy atom. The monoisotopic (exact) mass is 231 g/mol. The number of benzene rings is 1. The van der Waals surface area contributed by atoms with Crippen LogP contribution in [-0.2, 0) is 6.42 Å². The molecule has 4 heteroatoms. The number of aliphatic hydroxyl groups excluding tert-OH is 1. The first-order valence-corrected chi connectivity index (χ1v) is 5.24. The van der Waals surface area contributed by atoms with E-state index in [0.717, 1.165) is 18.5 Å². The van der Waals surface area contributed by atoms with E-state index in [9.17, 15) is 4.39 Å². The lowest BCUT2D eigenvalue weighted by Gasteiger charge is -2.14. The fourth-order valence-corrected chi connectivity index (χ4v) is 1.50. The molecule has 0 aromatic heterocycles. The zero-order chi connectivity index (χ0) is 11.3. The van der Waals surface area contributed by atoms with Crippen molar-refractivity contribution >= 4 is 11.6 Å². The van der Waals surface area contributed by atoms with Crippen LogP contribution in [0.25, 0.3) is 0 Å². The topological polar surface area (TPSA) is 23.5 Å². The summed E-state index contributed by atoms with van der Waals surface area (Å²) in [7, 11) is 1.93. The van der Waals surface area contributed by atoms with Crippen LogP contribution in [0.5, 0.6) is 0 Å². The molecule has 0 spiro atoms. The first-order valence-electron chi connectivity index (χ1n) is 4.87. The van der Waals surface area contributed by atoms with Crippen LogP contribution in [0.1, 0.15) is 5.56 Å². The first-order chi connectivity index (χ1) is 7.13. The van der Waals surface area contributed by atoms with Crippen molar-refractivity contribution in [3.05, 3.63) is 34.6 Å². The highest BCUT2D eigenvalue weighted by Gasteiger charge is 2.02. The number of rotatable bonds is 5. The number of aliphatic hydroxyl groups is 1. The quantitative estimate of drug-likeness (QED) is 0.837. The minimum atomic E-state index is -0.385. The molecule has 1 N–H and O–H groups in total. The van der Waals surface area contributed by atoms with E-state index >= 15 is 0 Å². The second kappa shape index (κ2) is 6.05. The fourth-order valence-electron chi connectivity index (χ4n) is 1.30. The van der Waals surface area contributed by atoms with Gasteiger partial charge in [0.25, 0.3) is 0 Å². The largest absolute Gasteiger partial charge is 0.395 e. The molecule has 1 aromatic carbocycles. The fraction of sp³-hybridized carbons (Fsp3) is 0.455. The van der Waals surface area contributed by atoms with E-state index in [1.165, 1.54) is 6.07 Å². The lowest BCUT2D eigenvalue weighted by molar-refractivity contribution is 0.223. The van der Waals surface area contributed by atoms with Crippen molar-refractivity contribution in [3.63, 3.8) is 0 Å². The second-order valence-electron chi connectivity index (χ2n) is 3.53. The van der Waals surface area contributed by atoms with E-state index in [2.05, 4.69) is 0 Å². The Labute approximate surface area is 94.3 Å². The molecule has 0 atom stereocenters. The number of hydrogen-bond donors (Lipinski definition) is 1. The summed E-state index contributed by atoms with van der Waals surface area (Å²) in [6.45, 7) is 1.62. The molecule has 15 heavy (non-hydrogen) atoms. The molecule has 1 rings (SSSR count). The third kappa shape index (κ3) is 4.16. The van der Waals surface area contributed by atoms with Gasteiger partial charge in [-0.2, -0.15) is 0 Å². The van der Waals surface area contributed by atoms with Crippen LogP contribution in [0.15, 0.2) is 18.2 Å². The molecule has 0 bridgehead atoms. The minimum Gasteiger partial charge on any atom is -0.395 e. The van der Waals surface area contributed by atoms with E-state index in [1.54, 1.807) is 12.1 Å². The van der Waals surface area contributed by atoms with Gasteiger partial charge in [0.2, 0.25) is 0 Å². The van der Waals surface area contributed by atoms with Gasteiger partial charge in [0, 0.05) is 13.1 Å². The van der Waals surface area contributed by atoms with Crippen molar-refractivity contribution in [2.75, 3.05) is 26.7 Å². The van der Waals surface area contributed by atoms with E-state index in [1.807, 2.05) is 11.9 Å². The molecule has 0 saturated heterocycles. The van der Waals surface area contributed by atoms with Crippen molar-refractivity contribution in [2.45, 2.75) is 6.42 Å². The van der Waals surface area contributed by atoms with Gasteiger partial charge in [-0.25, -0.2) is 4.39 Å². The predicted molar refractivity (Wildman–Crippen MR) is 59.7 cm³/mol. The molecule has 0 fully saturated rings. The van der Waals surface area contributed by atoms with Gasteiger partial charge in [0.1, 0.15) is 5.82 Å². The molecule has 0 radical (unpaired) electrons. The average molecular weight is 232 g/mol. The summed E-state index contributed by atoms with van der Waals surface area (Å²) in [6.07, 6.45) is 0.802. The van der Waals surface area contributed by atoms with Crippen molar-refractivity contribution in [3.8, 4) is 0 Å². The number of nitrogens with zero attached hydrogens (tertiary/aromatic N) is 1. The molecular formula is C11H15ClFNO. The molecule has 2 nitrogen and oxygen atoms in total. The highest BCUT2D eigenvalue weighted by molar-refractivity contribution is 6.30. The van der Waals surface area contributed by atoms with Gasteiger partial charge in [-0.3, -0.25) is 0 Å². The molecule has 1 aromatic rings. The maximum absolute atomic E-state index is 12.8. The van der Waals surface area contributed by atoms with Crippen LogP contribution in [0.4, 0.5) is 4.39 Å². The highest BCUT2D eigenvalue weighted by Crippen LogP contribution is 2.16. The SMILES string of the molecule is CN(CCO)CCc1ccc(F)c(Cl)c1. The van der Waals surface area contributed by atoms with Crippen molar-refractivity contribution in [1.82, 2.24) is 4.90 Å². The molecule has 0 saturated carbocycles. The Hall–Kier alpha value is -0.640. The van der Waals surface area contributed by atoms with Crippen LogP contribution < -0.4 is 0 Å². The molecule has 0 amide bonds. The minimum absolute atomic E-state index is 0.153. The van der Waals surface area contributed by atoms with Gasteiger partial charge in [0.15, 0.2) is 0 Å². The van der Waals surface area contributed by atoms with Gasteiger partial charge in [-0.05, 0) is 31.2 Å². The molecule has 0 unspecified atom stereocenters. The Morgan fingerprint density at radius 2 is 2.13 bits per heavy atom. The molecule has 0 aliphatic heterocycles. The van der Waals surface area contributed by atoms with Crippen molar-refractivity contribution < 1.29 is 9.50 Å². The molecular weight excluding hydrogens is 217 g/mol. The normalized spacial score (nSPS) is 11.0. The standard InChI is InChI=1S/C11H15ClFNO/c1-14(6-7-15)5-4-9-2-3-11(13)10(12)8-9/h2-3,8,15H,4-7H2,1H3.